The topological polar surface area (TPSA) is 12.4 Å². The standard InChI is InChI=1S/C26H26F5NS/c1-2-20(33-26(29,30)31)11-5-3-4-8-18-9-6-10-19(15-14-18)23-16-17-24(32-23)25-21(27)12-7-13-22(25)28/h2-4,6-7,9-10,12-15,19,23H,5,8,11,16-17H2,1H3/b4-3-,20-2+. The van der Waals surface area contributed by atoms with Crippen molar-refractivity contribution < 1.29 is 22.0 Å². The molecule has 1 heterocycles. The molecule has 2 unspecified atom stereocenters. The van der Waals surface area contributed by atoms with Crippen molar-refractivity contribution in [3.8, 4) is 0 Å². The molecule has 176 valence electrons. The smallest absolute Gasteiger partial charge is 0.285 e. The molecule has 0 spiro atoms. The van der Waals surface area contributed by atoms with Crippen LogP contribution < -0.4 is 0 Å². The zero-order valence-electron chi connectivity index (χ0n) is 18.3. The summed E-state index contributed by atoms with van der Waals surface area (Å²) in [7, 11) is 0. The van der Waals surface area contributed by atoms with Gasteiger partial charge in [0.15, 0.2) is 0 Å². The third-order valence-electron chi connectivity index (χ3n) is 5.52. The first-order chi connectivity index (χ1) is 15.8. The Morgan fingerprint density at radius 2 is 1.91 bits per heavy atom. The molecule has 3 rings (SSSR count). The van der Waals surface area contributed by atoms with Crippen molar-refractivity contribution >= 4 is 17.5 Å². The number of hydrogen-bond donors (Lipinski definition) is 0. The number of allylic oxidation sites excluding steroid dienone is 8. The number of aliphatic imine (C=N–C) groups is 1. The molecule has 0 amide bonds. The molecule has 0 bridgehead atoms. The second-order valence-corrected chi connectivity index (χ2v) is 9.05. The van der Waals surface area contributed by atoms with Crippen molar-refractivity contribution in [2.24, 2.45) is 10.9 Å². The van der Waals surface area contributed by atoms with Crippen LogP contribution >= 0.6 is 11.8 Å². The van der Waals surface area contributed by atoms with Crippen LogP contribution in [0.15, 0.2) is 82.3 Å². The van der Waals surface area contributed by atoms with Gasteiger partial charge in [0, 0.05) is 11.6 Å². The Kier molecular flexibility index (Phi) is 8.89. The number of hydrogen-bond acceptors (Lipinski definition) is 2. The largest absolute Gasteiger partial charge is 0.446 e. The third-order valence-corrected chi connectivity index (χ3v) is 6.45. The molecule has 1 aromatic rings. The quantitative estimate of drug-likeness (QED) is 0.269. The van der Waals surface area contributed by atoms with E-state index in [0.717, 1.165) is 12.0 Å². The lowest BCUT2D eigenvalue weighted by Gasteiger charge is -2.12. The van der Waals surface area contributed by atoms with Gasteiger partial charge in [-0.2, -0.15) is 13.2 Å². The van der Waals surface area contributed by atoms with Gasteiger partial charge in [0.25, 0.3) is 0 Å². The van der Waals surface area contributed by atoms with Crippen LogP contribution in [0.5, 0.6) is 0 Å². The normalized spacial score (nSPS) is 21.5. The Labute approximate surface area is 195 Å². The third kappa shape index (κ3) is 7.56. The molecule has 0 radical (unpaired) electrons. The van der Waals surface area contributed by atoms with Crippen LogP contribution in [0.3, 0.4) is 0 Å². The van der Waals surface area contributed by atoms with Gasteiger partial charge in [0.1, 0.15) is 11.6 Å². The number of rotatable bonds is 8. The van der Waals surface area contributed by atoms with Crippen LogP contribution in [0.2, 0.25) is 0 Å². The van der Waals surface area contributed by atoms with Gasteiger partial charge in [-0.15, -0.1) is 0 Å². The summed E-state index contributed by atoms with van der Waals surface area (Å²) in [6.45, 7) is 1.62. The van der Waals surface area contributed by atoms with Crippen LogP contribution in [0.25, 0.3) is 0 Å². The van der Waals surface area contributed by atoms with Crippen molar-refractivity contribution in [2.45, 2.75) is 50.6 Å². The van der Waals surface area contributed by atoms with E-state index in [0.29, 0.717) is 36.3 Å². The zero-order valence-corrected chi connectivity index (χ0v) is 19.1. The van der Waals surface area contributed by atoms with Gasteiger partial charge < -0.3 is 0 Å². The van der Waals surface area contributed by atoms with E-state index >= 15 is 0 Å². The van der Waals surface area contributed by atoms with E-state index in [4.69, 9.17) is 0 Å². The maximum atomic E-state index is 14.1. The number of nitrogens with zero attached hydrogens (tertiary/aromatic N) is 1. The molecule has 0 saturated heterocycles. The van der Waals surface area contributed by atoms with Gasteiger partial charge >= 0.3 is 5.51 Å². The van der Waals surface area contributed by atoms with Crippen molar-refractivity contribution in [3.05, 3.63) is 94.5 Å². The van der Waals surface area contributed by atoms with Crippen LogP contribution in [-0.4, -0.2) is 17.3 Å². The monoisotopic (exact) mass is 479 g/mol. The molecular formula is C26H26F5NS. The number of alkyl halides is 3. The van der Waals surface area contributed by atoms with E-state index in [-0.39, 0.29) is 29.3 Å². The summed E-state index contributed by atoms with van der Waals surface area (Å²) in [6, 6.07) is 3.77. The van der Waals surface area contributed by atoms with Gasteiger partial charge in [0.05, 0.1) is 11.6 Å². The molecule has 2 aliphatic rings. The SMILES string of the molecule is C/C=C(\CC/C=C\CC1=CC=CC(C2CCC(c3c(F)cccc3F)=N2)C=C1)SC(F)(F)F. The van der Waals surface area contributed by atoms with Crippen molar-refractivity contribution in [2.75, 3.05) is 0 Å². The average Bonchev–Trinajstić information content (AvgIpc) is 3.10. The fourth-order valence-electron chi connectivity index (χ4n) is 3.88. The zero-order chi connectivity index (χ0) is 23.8. The van der Waals surface area contributed by atoms with Crippen LogP contribution in [0.1, 0.15) is 44.6 Å². The summed E-state index contributed by atoms with van der Waals surface area (Å²) in [4.78, 5) is 4.93. The summed E-state index contributed by atoms with van der Waals surface area (Å²) < 4.78 is 65.6. The lowest BCUT2D eigenvalue weighted by molar-refractivity contribution is -0.0322. The predicted molar refractivity (Wildman–Crippen MR) is 126 cm³/mol. The number of halogens is 5. The first-order valence-corrected chi connectivity index (χ1v) is 11.7. The highest BCUT2D eigenvalue weighted by molar-refractivity contribution is 8.03. The number of thioether (sulfide) groups is 1. The first kappa shape index (κ1) is 25.2. The fourth-order valence-corrected chi connectivity index (χ4v) is 4.51. The highest BCUT2D eigenvalue weighted by Crippen LogP contribution is 2.38. The molecule has 1 aromatic carbocycles. The van der Waals surface area contributed by atoms with E-state index < -0.39 is 17.1 Å². The van der Waals surface area contributed by atoms with Crippen LogP contribution in [0.4, 0.5) is 22.0 Å². The Morgan fingerprint density at radius 3 is 2.61 bits per heavy atom. The predicted octanol–water partition coefficient (Wildman–Crippen LogP) is 8.47. The van der Waals surface area contributed by atoms with E-state index in [1.165, 1.54) is 24.3 Å². The molecule has 1 aliphatic carbocycles. The number of benzene rings is 1. The highest BCUT2D eigenvalue weighted by Gasteiger charge is 2.29. The second kappa shape index (κ2) is 11.6. The second-order valence-electron chi connectivity index (χ2n) is 7.86. The Hall–Kier alpha value is -2.41. The van der Waals surface area contributed by atoms with Crippen molar-refractivity contribution in [1.82, 2.24) is 0 Å². The molecule has 33 heavy (non-hydrogen) atoms. The van der Waals surface area contributed by atoms with Crippen LogP contribution in [0, 0.1) is 17.6 Å². The minimum atomic E-state index is -4.25. The first-order valence-electron chi connectivity index (χ1n) is 10.9. The van der Waals surface area contributed by atoms with Crippen molar-refractivity contribution in [3.63, 3.8) is 0 Å². The van der Waals surface area contributed by atoms with E-state index in [2.05, 4.69) is 11.1 Å². The summed E-state index contributed by atoms with van der Waals surface area (Å²) in [5, 5.41) is 0. The maximum absolute atomic E-state index is 14.1. The van der Waals surface area contributed by atoms with E-state index in [9.17, 15) is 22.0 Å². The van der Waals surface area contributed by atoms with Gasteiger partial charge in [-0.1, -0.05) is 54.7 Å². The minimum absolute atomic E-state index is 0.0276. The van der Waals surface area contributed by atoms with E-state index in [1.807, 2.05) is 36.5 Å². The van der Waals surface area contributed by atoms with Gasteiger partial charge in [-0.05, 0) is 73.4 Å². The summed E-state index contributed by atoms with van der Waals surface area (Å²) >= 11 is -0.0536. The molecule has 2 atom stereocenters. The van der Waals surface area contributed by atoms with Crippen LogP contribution in [-0.2, 0) is 0 Å². The van der Waals surface area contributed by atoms with E-state index in [1.54, 1.807) is 6.92 Å². The van der Waals surface area contributed by atoms with Gasteiger partial charge in [-0.3, -0.25) is 4.99 Å². The molecule has 0 aromatic heterocycles. The molecule has 0 saturated carbocycles. The Bertz CT molecular complexity index is 994. The maximum Gasteiger partial charge on any atom is 0.446 e. The summed E-state index contributed by atoms with van der Waals surface area (Å²) in [5.41, 5.74) is -2.73. The molecule has 0 N–H and O–H groups in total. The van der Waals surface area contributed by atoms with Gasteiger partial charge in [-0.25, -0.2) is 8.78 Å². The lowest BCUT2D eigenvalue weighted by atomic mass is 9.96. The highest BCUT2D eigenvalue weighted by atomic mass is 32.2. The van der Waals surface area contributed by atoms with Crippen molar-refractivity contribution in [1.29, 1.82) is 0 Å². The summed E-state index contributed by atoms with van der Waals surface area (Å²) in [5.74, 6) is -1.14. The fraction of sp³-hybridized carbons (Fsp3) is 0.346. The molecule has 0 fully saturated rings. The minimum Gasteiger partial charge on any atom is -0.285 e. The Morgan fingerprint density at radius 1 is 1.15 bits per heavy atom. The molecule has 1 nitrogen and oxygen atoms in total. The molecule has 1 aliphatic heterocycles. The molecule has 7 heteroatoms. The summed E-state index contributed by atoms with van der Waals surface area (Å²) in [6.07, 6.45) is 18.3. The average molecular weight is 480 g/mol. The van der Waals surface area contributed by atoms with Gasteiger partial charge in [0.2, 0.25) is 0 Å². The molecular weight excluding hydrogens is 453 g/mol. The Balaban J connectivity index is 1.53. The lowest BCUT2D eigenvalue weighted by Crippen LogP contribution is -2.11.